The molecule has 0 aliphatic carbocycles. The molecule has 0 fully saturated rings. The van der Waals surface area contributed by atoms with Gasteiger partial charge in [0, 0.05) is 6.20 Å². The van der Waals surface area contributed by atoms with E-state index in [1.165, 1.54) is 10.9 Å². The third kappa shape index (κ3) is 2.46. The molecule has 0 bridgehead atoms. The fraction of sp³-hybridized carbons (Fsp3) is 0.500. The Kier molecular flexibility index (Phi) is 2.48. The van der Waals surface area contributed by atoms with E-state index in [1.807, 2.05) is 0 Å². The minimum atomic E-state index is -0.909. The average Bonchev–Trinajstić information content (AvgIpc) is 2.26. The van der Waals surface area contributed by atoms with Crippen molar-refractivity contribution in [2.24, 2.45) is 5.73 Å². The molecular formula is C8H14N4O2. The van der Waals surface area contributed by atoms with E-state index >= 15 is 0 Å². The molecule has 0 atom stereocenters. The second kappa shape index (κ2) is 3.30. The van der Waals surface area contributed by atoms with Crippen molar-refractivity contribution in [2.45, 2.75) is 26.0 Å². The number of hydrogen-bond acceptors (Lipinski definition) is 4. The van der Waals surface area contributed by atoms with Crippen LogP contribution in [0, 0.1) is 0 Å². The van der Waals surface area contributed by atoms with Gasteiger partial charge in [0.15, 0.2) is 5.69 Å². The minimum absolute atomic E-state index is 0.0363. The molecule has 0 radical (unpaired) electrons. The summed E-state index contributed by atoms with van der Waals surface area (Å²) >= 11 is 0. The number of carbonyl (C=O) groups is 1. The summed E-state index contributed by atoms with van der Waals surface area (Å²) < 4.78 is 1.40. The van der Waals surface area contributed by atoms with Crippen LogP contribution >= 0.6 is 0 Å². The lowest BCUT2D eigenvalue weighted by Gasteiger charge is -2.16. The van der Waals surface area contributed by atoms with E-state index in [4.69, 9.17) is 11.5 Å². The predicted molar refractivity (Wildman–Crippen MR) is 51.5 cm³/mol. The zero-order valence-electron chi connectivity index (χ0n) is 8.19. The van der Waals surface area contributed by atoms with Gasteiger partial charge >= 0.3 is 0 Å². The van der Waals surface area contributed by atoms with Gasteiger partial charge in [0.2, 0.25) is 0 Å². The molecule has 0 saturated carbocycles. The quantitative estimate of drug-likeness (QED) is 0.599. The van der Waals surface area contributed by atoms with Gasteiger partial charge in [0.05, 0.1) is 17.8 Å². The van der Waals surface area contributed by atoms with Gasteiger partial charge in [-0.25, -0.2) is 0 Å². The van der Waals surface area contributed by atoms with E-state index in [9.17, 15) is 9.90 Å². The fourth-order valence-corrected chi connectivity index (χ4v) is 1.11. The van der Waals surface area contributed by atoms with Gasteiger partial charge in [0.1, 0.15) is 0 Å². The van der Waals surface area contributed by atoms with E-state index in [-0.39, 0.29) is 17.9 Å². The molecule has 0 aromatic carbocycles. The zero-order chi connectivity index (χ0) is 10.9. The van der Waals surface area contributed by atoms with Gasteiger partial charge in [-0.2, -0.15) is 5.10 Å². The molecule has 0 aliphatic heterocycles. The van der Waals surface area contributed by atoms with Crippen molar-refractivity contribution in [3.8, 4) is 0 Å². The molecule has 0 unspecified atom stereocenters. The maximum Gasteiger partial charge on any atom is 0.271 e. The van der Waals surface area contributed by atoms with E-state index in [0.717, 1.165) is 0 Å². The van der Waals surface area contributed by atoms with Crippen molar-refractivity contribution in [1.82, 2.24) is 9.78 Å². The van der Waals surface area contributed by atoms with Crippen molar-refractivity contribution in [2.75, 3.05) is 5.73 Å². The summed E-state index contributed by atoms with van der Waals surface area (Å²) in [6.07, 6.45) is 1.47. The van der Waals surface area contributed by atoms with Gasteiger partial charge in [-0.05, 0) is 13.8 Å². The van der Waals surface area contributed by atoms with E-state index in [2.05, 4.69) is 5.10 Å². The van der Waals surface area contributed by atoms with Crippen molar-refractivity contribution in [1.29, 1.82) is 0 Å². The number of aromatic nitrogens is 2. The van der Waals surface area contributed by atoms with E-state index < -0.39 is 11.5 Å². The normalized spacial score (nSPS) is 11.6. The molecule has 1 amide bonds. The number of primary amides is 1. The Balaban J connectivity index is 2.92. The molecule has 0 saturated heterocycles. The molecular weight excluding hydrogens is 184 g/mol. The number of nitrogens with two attached hydrogens (primary N) is 2. The highest BCUT2D eigenvalue weighted by Gasteiger charge is 2.17. The van der Waals surface area contributed by atoms with E-state index in [0.29, 0.717) is 0 Å². The van der Waals surface area contributed by atoms with Crippen molar-refractivity contribution < 1.29 is 9.90 Å². The van der Waals surface area contributed by atoms with Crippen LogP contribution in [0.1, 0.15) is 24.3 Å². The molecule has 1 aromatic rings. The van der Waals surface area contributed by atoms with Crippen LogP contribution in [0.25, 0.3) is 0 Å². The summed E-state index contributed by atoms with van der Waals surface area (Å²) in [7, 11) is 0. The lowest BCUT2D eigenvalue weighted by molar-refractivity contribution is 0.0574. The maximum atomic E-state index is 10.8. The first-order valence-electron chi connectivity index (χ1n) is 4.15. The van der Waals surface area contributed by atoms with Crippen LogP contribution in [0.5, 0.6) is 0 Å². The summed E-state index contributed by atoms with van der Waals surface area (Å²) in [4.78, 5) is 10.8. The SMILES string of the molecule is CC(C)(O)Cn1cc(N)c(C(N)=O)n1. The topological polar surface area (TPSA) is 107 Å². The Morgan fingerprint density at radius 3 is 2.64 bits per heavy atom. The third-order valence-corrected chi connectivity index (χ3v) is 1.57. The van der Waals surface area contributed by atoms with Crippen molar-refractivity contribution >= 4 is 11.6 Å². The van der Waals surface area contributed by atoms with Crippen molar-refractivity contribution in [3.05, 3.63) is 11.9 Å². The first-order valence-corrected chi connectivity index (χ1v) is 4.15. The lowest BCUT2D eigenvalue weighted by Crippen LogP contribution is -2.26. The molecule has 1 aromatic heterocycles. The number of rotatable bonds is 3. The lowest BCUT2D eigenvalue weighted by atomic mass is 10.1. The minimum Gasteiger partial charge on any atom is -0.396 e. The van der Waals surface area contributed by atoms with Gasteiger partial charge < -0.3 is 16.6 Å². The highest BCUT2D eigenvalue weighted by Crippen LogP contribution is 2.11. The average molecular weight is 198 g/mol. The summed E-state index contributed by atoms with van der Waals surface area (Å²) in [6, 6.07) is 0. The summed E-state index contributed by atoms with van der Waals surface area (Å²) in [5, 5.41) is 13.3. The number of hydrogen-bond donors (Lipinski definition) is 3. The highest BCUT2D eigenvalue weighted by molar-refractivity contribution is 5.95. The predicted octanol–water partition coefficient (Wildman–Crippen LogP) is -0.665. The van der Waals surface area contributed by atoms with Crippen LogP contribution in [0.3, 0.4) is 0 Å². The van der Waals surface area contributed by atoms with Crippen LogP contribution in [0.2, 0.25) is 0 Å². The standard InChI is InChI=1S/C8H14N4O2/c1-8(2,14)4-12-3-5(9)6(11-12)7(10)13/h3,14H,4,9H2,1-2H3,(H2,10,13). The number of aliphatic hydroxyl groups is 1. The number of nitrogens with zero attached hydrogens (tertiary/aromatic N) is 2. The van der Waals surface area contributed by atoms with Crippen LogP contribution < -0.4 is 11.5 Å². The monoisotopic (exact) mass is 198 g/mol. The second-order valence-corrected chi connectivity index (χ2v) is 3.81. The molecule has 6 heteroatoms. The van der Waals surface area contributed by atoms with Crippen LogP contribution in [0.4, 0.5) is 5.69 Å². The summed E-state index contributed by atoms with van der Waals surface area (Å²) in [5.41, 5.74) is 9.88. The molecule has 0 aliphatic rings. The largest absolute Gasteiger partial charge is 0.396 e. The molecule has 5 N–H and O–H groups in total. The van der Waals surface area contributed by atoms with E-state index in [1.54, 1.807) is 13.8 Å². The fourth-order valence-electron chi connectivity index (χ4n) is 1.11. The number of anilines is 1. The molecule has 1 heterocycles. The van der Waals surface area contributed by atoms with Gasteiger partial charge in [-0.15, -0.1) is 0 Å². The number of carbonyl (C=O) groups excluding carboxylic acids is 1. The molecule has 14 heavy (non-hydrogen) atoms. The smallest absolute Gasteiger partial charge is 0.271 e. The number of nitrogen functional groups attached to an aromatic ring is 1. The van der Waals surface area contributed by atoms with Crippen LogP contribution in [-0.4, -0.2) is 26.4 Å². The molecule has 1 rings (SSSR count). The Morgan fingerprint density at radius 1 is 1.71 bits per heavy atom. The molecule has 6 nitrogen and oxygen atoms in total. The Morgan fingerprint density at radius 2 is 2.29 bits per heavy atom. The molecule has 78 valence electrons. The van der Waals surface area contributed by atoms with Crippen LogP contribution in [-0.2, 0) is 6.54 Å². The number of amides is 1. The van der Waals surface area contributed by atoms with Gasteiger partial charge in [0.25, 0.3) is 5.91 Å². The van der Waals surface area contributed by atoms with Gasteiger partial charge in [-0.3, -0.25) is 9.48 Å². The Bertz CT molecular complexity index is 351. The highest BCUT2D eigenvalue weighted by atomic mass is 16.3. The Labute approximate surface area is 81.5 Å². The summed E-state index contributed by atoms with van der Waals surface area (Å²) in [5.74, 6) is -0.669. The van der Waals surface area contributed by atoms with Gasteiger partial charge in [-0.1, -0.05) is 0 Å². The first kappa shape index (κ1) is 10.5. The zero-order valence-corrected chi connectivity index (χ0v) is 8.19. The maximum absolute atomic E-state index is 10.8. The Hall–Kier alpha value is -1.56. The van der Waals surface area contributed by atoms with Crippen molar-refractivity contribution in [3.63, 3.8) is 0 Å². The third-order valence-electron chi connectivity index (χ3n) is 1.57. The molecule has 0 spiro atoms. The second-order valence-electron chi connectivity index (χ2n) is 3.81. The van der Waals surface area contributed by atoms with Crippen LogP contribution in [0.15, 0.2) is 6.20 Å². The first-order chi connectivity index (χ1) is 6.29. The summed E-state index contributed by atoms with van der Waals surface area (Å²) in [6.45, 7) is 3.52.